The molecule has 0 saturated heterocycles. The third-order valence-electron chi connectivity index (χ3n) is 3.20. The van der Waals surface area contributed by atoms with Crippen LogP contribution in [0.25, 0.3) is 4.72 Å². The number of hydrogen-bond donors (Lipinski definition) is 0. The normalized spacial score (nSPS) is 14.8. The number of fused-ring (bicyclic) bond motifs is 1. The average Bonchev–Trinajstić information content (AvgIpc) is 2.82. The molecule has 1 aromatic carbocycles. The molecule has 4 nitrogen and oxygen atoms in total. The highest BCUT2D eigenvalue weighted by molar-refractivity contribution is 7.94. The van der Waals surface area contributed by atoms with E-state index in [1.54, 1.807) is 0 Å². The fourth-order valence-electron chi connectivity index (χ4n) is 2.20. The first-order chi connectivity index (χ1) is 9.95. The van der Waals surface area contributed by atoms with Gasteiger partial charge < -0.3 is 9.71 Å². The zero-order valence-electron chi connectivity index (χ0n) is 10.8. The zero-order valence-corrected chi connectivity index (χ0v) is 14.0. The molecule has 3 rings (SSSR count). The monoisotopic (exact) mass is 361 g/mol. The number of sulfonamides is 1. The van der Waals surface area contributed by atoms with Crippen molar-refractivity contribution in [2.45, 2.75) is 30.6 Å². The van der Waals surface area contributed by atoms with Crippen LogP contribution < -0.4 is 0 Å². The summed E-state index contributed by atoms with van der Waals surface area (Å²) in [6.45, 7) is 0. The van der Waals surface area contributed by atoms with Crippen LogP contribution in [0.4, 0.5) is 5.13 Å². The molecule has 1 aromatic heterocycles. The number of aryl methyl sites for hydroxylation is 2. The first-order valence-electron chi connectivity index (χ1n) is 6.37. The van der Waals surface area contributed by atoms with Gasteiger partial charge in [0, 0.05) is 15.0 Å². The summed E-state index contributed by atoms with van der Waals surface area (Å²) in [4.78, 5) is 5.35. The average molecular weight is 362 g/mol. The smallest absolute Gasteiger partial charge is 0.204 e. The zero-order chi connectivity index (χ0) is 15.0. The van der Waals surface area contributed by atoms with Crippen LogP contribution in [-0.2, 0) is 22.9 Å². The minimum atomic E-state index is -3.91. The number of halogens is 2. The molecule has 0 bridgehead atoms. The Bertz CT molecular complexity index is 764. The van der Waals surface area contributed by atoms with Gasteiger partial charge in [-0.15, -0.1) is 11.3 Å². The molecule has 0 fully saturated rings. The van der Waals surface area contributed by atoms with Crippen LogP contribution >= 0.6 is 34.5 Å². The molecule has 1 aliphatic carbocycles. The molecule has 21 heavy (non-hydrogen) atoms. The van der Waals surface area contributed by atoms with Crippen molar-refractivity contribution in [2.24, 2.45) is 0 Å². The van der Waals surface area contributed by atoms with Gasteiger partial charge in [0.05, 0.1) is 9.92 Å². The molecule has 8 heteroatoms. The van der Waals surface area contributed by atoms with Crippen LogP contribution in [0.1, 0.15) is 23.4 Å². The summed E-state index contributed by atoms with van der Waals surface area (Å²) in [5.41, 5.74) is 0.970. The Labute approximate surface area is 137 Å². The Hall–Kier alpha value is -0.820. The largest absolute Gasteiger partial charge is 0.430 e. The second kappa shape index (κ2) is 5.76. The molecule has 0 amide bonds. The number of nitrogens with zero attached hydrogens (tertiary/aromatic N) is 2. The topological polar surface area (TPSA) is 61.1 Å². The summed E-state index contributed by atoms with van der Waals surface area (Å²) in [5.74, 6) is 0. The third-order valence-corrected chi connectivity index (χ3v) is 6.35. The van der Waals surface area contributed by atoms with Crippen LogP contribution in [-0.4, -0.2) is 13.4 Å². The van der Waals surface area contributed by atoms with Crippen LogP contribution in [0.2, 0.25) is 10.0 Å². The highest BCUT2D eigenvalue weighted by atomic mass is 35.5. The maximum atomic E-state index is 12.3. The summed E-state index contributed by atoms with van der Waals surface area (Å²) in [5, 5.41) is 0.661. The van der Waals surface area contributed by atoms with E-state index >= 15 is 0 Å². The van der Waals surface area contributed by atoms with Crippen LogP contribution in [0.3, 0.4) is 0 Å². The fourth-order valence-corrected chi connectivity index (χ4v) is 5.12. The Balaban J connectivity index is 1.92. The van der Waals surface area contributed by atoms with Crippen molar-refractivity contribution in [1.82, 2.24) is 4.98 Å². The summed E-state index contributed by atoms with van der Waals surface area (Å²) in [7, 11) is -3.91. The molecule has 2 aromatic rings. The van der Waals surface area contributed by atoms with E-state index in [4.69, 9.17) is 23.2 Å². The third kappa shape index (κ3) is 3.18. The van der Waals surface area contributed by atoms with E-state index in [1.165, 1.54) is 29.5 Å². The van der Waals surface area contributed by atoms with Crippen molar-refractivity contribution in [3.05, 3.63) is 43.5 Å². The van der Waals surface area contributed by atoms with Gasteiger partial charge in [-0.05, 0) is 43.9 Å². The predicted octanol–water partition coefficient (Wildman–Crippen LogP) is 4.72. The van der Waals surface area contributed by atoms with Gasteiger partial charge >= 0.3 is 0 Å². The molecule has 0 unspecified atom stereocenters. The van der Waals surface area contributed by atoms with E-state index < -0.39 is 10.0 Å². The minimum absolute atomic E-state index is 0.0927. The van der Waals surface area contributed by atoms with Crippen LogP contribution in [0.5, 0.6) is 0 Å². The SMILES string of the molecule is O=S(=O)([N-]c1nc2c(s1)CCCC2)c1cc(Cl)ccc1Cl. The number of benzene rings is 1. The molecule has 1 aliphatic rings. The van der Waals surface area contributed by atoms with E-state index in [-0.39, 0.29) is 15.0 Å². The molecule has 0 atom stereocenters. The fraction of sp³-hybridized carbons (Fsp3) is 0.308. The lowest BCUT2D eigenvalue weighted by Gasteiger charge is -2.13. The van der Waals surface area contributed by atoms with Crippen molar-refractivity contribution >= 4 is 49.7 Å². The molecule has 0 N–H and O–H groups in total. The van der Waals surface area contributed by atoms with E-state index in [0.717, 1.165) is 36.3 Å². The first kappa shape index (κ1) is 15.1. The van der Waals surface area contributed by atoms with Gasteiger partial charge in [0.25, 0.3) is 0 Å². The number of thiazole rings is 1. The van der Waals surface area contributed by atoms with Gasteiger partial charge in [-0.2, -0.15) is 0 Å². The quantitative estimate of drug-likeness (QED) is 0.794. The van der Waals surface area contributed by atoms with Gasteiger partial charge in [-0.3, -0.25) is 0 Å². The molecular weight excluding hydrogens is 351 g/mol. The predicted molar refractivity (Wildman–Crippen MR) is 85.4 cm³/mol. The second-order valence-corrected chi connectivity index (χ2v) is 8.19. The number of rotatable bonds is 3. The van der Waals surface area contributed by atoms with E-state index in [0.29, 0.717) is 5.02 Å². The van der Waals surface area contributed by atoms with Crippen molar-refractivity contribution in [2.75, 3.05) is 0 Å². The maximum absolute atomic E-state index is 12.3. The number of aromatic nitrogens is 1. The summed E-state index contributed by atoms with van der Waals surface area (Å²) >= 11 is 13.1. The molecule has 0 saturated carbocycles. The van der Waals surface area contributed by atoms with Crippen LogP contribution in [0.15, 0.2) is 23.1 Å². The summed E-state index contributed by atoms with van der Waals surface area (Å²) in [6.07, 6.45) is 4.03. The number of hydrogen-bond acceptors (Lipinski definition) is 4. The molecular formula is C13H11Cl2N2O2S2-. The van der Waals surface area contributed by atoms with Crippen molar-refractivity contribution in [1.29, 1.82) is 0 Å². The van der Waals surface area contributed by atoms with Crippen molar-refractivity contribution in [3.63, 3.8) is 0 Å². The minimum Gasteiger partial charge on any atom is -0.430 e. The second-order valence-electron chi connectivity index (χ2n) is 4.71. The molecule has 1 heterocycles. The molecule has 0 aliphatic heterocycles. The van der Waals surface area contributed by atoms with Gasteiger partial charge in [0.2, 0.25) is 10.0 Å². The van der Waals surface area contributed by atoms with Crippen LogP contribution in [0, 0.1) is 0 Å². The summed E-state index contributed by atoms with van der Waals surface area (Å²) < 4.78 is 28.5. The Morgan fingerprint density at radius 1 is 1.19 bits per heavy atom. The Morgan fingerprint density at radius 2 is 1.95 bits per heavy atom. The van der Waals surface area contributed by atoms with Gasteiger partial charge in [0.1, 0.15) is 0 Å². The van der Waals surface area contributed by atoms with Gasteiger partial charge in [-0.25, -0.2) is 8.42 Å². The van der Waals surface area contributed by atoms with Crippen molar-refractivity contribution in [3.8, 4) is 0 Å². The highest BCUT2D eigenvalue weighted by Gasteiger charge is 2.17. The first-order valence-corrected chi connectivity index (χ1v) is 9.38. The maximum Gasteiger partial charge on any atom is 0.204 e. The molecule has 112 valence electrons. The lowest BCUT2D eigenvalue weighted by atomic mass is 10.0. The Kier molecular flexibility index (Phi) is 4.14. The van der Waals surface area contributed by atoms with Gasteiger partial charge in [-0.1, -0.05) is 28.9 Å². The summed E-state index contributed by atoms with van der Waals surface area (Å²) in [6, 6.07) is 4.28. The van der Waals surface area contributed by atoms with E-state index in [2.05, 4.69) is 9.71 Å². The Morgan fingerprint density at radius 3 is 2.71 bits per heavy atom. The highest BCUT2D eigenvalue weighted by Crippen LogP contribution is 2.38. The van der Waals surface area contributed by atoms with E-state index in [1.807, 2.05) is 0 Å². The lowest BCUT2D eigenvalue weighted by Crippen LogP contribution is -2.00. The van der Waals surface area contributed by atoms with Gasteiger partial charge in [0.15, 0.2) is 0 Å². The van der Waals surface area contributed by atoms with Crippen molar-refractivity contribution < 1.29 is 8.42 Å². The molecule has 0 spiro atoms. The molecule has 0 radical (unpaired) electrons. The lowest BCUT2D eigenvalue weighted by molar-refractivity contribution is 0.603. The standard InChI is InChI=1S/C13H11Cl2N2O2S2/c14-8-5-6-9(15)12(7-8)21(18,19)17-13-16-10-3-1-2-4-11(10)20-13/h5-7H,1-4H2/q-1. The van der Waals surface area contributed by atoms with E-state index in [9.17, 15) is 8.42 Å².